The van der Waals surface area contributed by atoms with Gasteiger partial charge in [0.2, 0.25) is 0 Å². The van der Waals surface area contributed by atoms with Crippen LogP contribution in [0.15, 0.2) is 18.2 Å². The number of rotatable bonds is 8. The molecule has 0 aliphatic carbocycles. The lowest BCUT2D eigenvalue weighted by Crippen LogP contribution is -2.28. The third kappa shape index (κ3) is 4.85. The zero-order valence-corrected chi connectivity index (χ0v) is 12.8. The fourth-order valence-corrected chi connectivity index (χ4v) is 2.16. The smallest absolute Gasteiger partial charge is 0.253 e. The van der Waals surface area contributed by atoms with Crippen LogP contribution in [0.1, 0.15) is 42.1 Å². The average molecular weight is 278 g/mol. The average Bonchev–Trinajstić information content (AvgIpc) is 2.43. The molecular weight excluding hydrogens is 252 g/mol. The van der Waals surface area contributed by atoms with E-state index in [1.165, 1.54) is 0 Å². The number of unbranched alkanes of at least 4 members (excludes halogenated alkanes) is 2. The summed E-state index contributed by atoms with van der Waals surface area (Å²) in [5.74, 6) is 0.0644. The number of hydrogen-bond acceptors (Lipinski definition) is 3. The monoisotopic (exact) mass is 278 g/mol. The first-order valence-electron chi connectivity index (χ1n) is 7.31. The van der Waals surface area contributed by atoms with Crippen molar-refractivity contribution in [2.75, 3.05) is 32.1 Å². The van der Waals surface area contributed by atoms with E-state index in [0.717, 1.165) is 49.2 Å². The molecule has 1 rings (SSSR count). The molecule has 0 heterocycles. The minimum Gasteiger partial charge on any atom is -0.396 e. The van der Waals surface area contributed by atoms with Gasteiger partial charge in [0.25, 0.3) is 5.91 Å². The highest BCUT2D eigenvalue weighted by molar-refractivity contribution is 5.95. The third-order valence-corrected chi connectivity index (χ3v) is 3.34. The summed E-state index contributed by atoms with van der Waals surface area (Å²) in [7, 11) is 1.83. The van der Waals surface area contributed by atoms with Crippen LogP contribution in [0.3, 0.4) is 0 Å². The number of anilines is 1. The van der Waals surface area contributed by atoms with Gasteiger partial charge in [0.05, 0.1) is 0 Å². The van der Waals surface area contributed by atoms with Gasteiger partial charge in [-0.3, -0.25) is 4.79 Å². The summed E-state index contributed by atoms with van der Waals surface area (Å²) in [5.41, 5.74) is 2.80. The Labute approximate surface area is 121 Å². The van der Waals surface area contributed by atoms with Gasteiger partial charge in [0.1, 0.15) is 0 Å². The minimum absolute atomic E-state index is 0.0644. The SMILES string of the molecule is CCNc1ccc(C(=O)N(C)CCCCCO)c(C)c1. The number of aliphatic hydroxyl groups is 1. The van der Waals surface area contributed by atoms with Crippen LogP contribution < -0.4 is 5.32 Å². The first-order chi connectivity index (χ1) is 9.60. The predicted octanol–water partition coefficient (Wildman–Crippen LogP) is 2.66. The summed E-state index contributed by atoms with van der Waals surface area (Å²) in [5, 5.41) is 12.0. The fraction of sp³-hybridized carbons (Fsp3) is 0.562. The Morgan fingerprint density at radius 3 is 2.65 bits per heavy atom. The van der Waals surface area contributed by atoms with Crippen molar-refractivity contribution in [3.05, 3.63) is 29.3 Å². The highest BCUT2D eigenvalue weighted by atomic mass is 16.2. The van der Waals surface area contributed by atoms with Gasteiger partial charge >= 0.3 is 0 Å². The number of benzene rings is 1. The fourth-order valence-electron chi connectivity index (χ4n) is 2.16. The van der Waals surface area contributed by atoms with Crippen LogP contribution in [0.4, 0.5) is 5.69 Å². The van der Waals surface area contributed by atoms with Gasteiger partial charge in [-0.1, -0.05) is 0 Å². The first kappa shape index (κ1) is 16.5. The Morgan fingerprint density at radius 2 is 2.05 bits per heavy atom. The molecule has 0 saturated heterocycles. The van der Waals surface area contributed by atoms with Gasteiger partial charge in [0, 0.05) is 38.0 Å². The highest BCUT2D eigenvalue weighted by Gasteiger charge is 2.13. The quantitative estimate of drug-likeness (QED) is 0.719. The van der Waals surface area contributed by atoms with E-state index in [4.69, 9.17) is 5.11 Å². The van der Waals surface area contributed by atoms with Crippen molar-refractivity contribution in [3.8, 4) is 0 Å². The van der Waals surface area contributed by atoms with Crippen LogP contribution in [0.2, 0.25) is 0 Å². The van der Waals surface area contributed by atoms with E-state index in [-0.39, 0.29) is 12.5 Å². The van der Waals surface area contributed by atoms with Crippen LogP contribution in [0.5, 0.6) is 0 Å². The molecule has 1 aromatic rings. The van der Waals surface area contributed by atoms with Crippen LogP contribution in [-0.2, 0) is 0 Å². The van der Waals surface area contributed by atoms with Crippen molar-refractivity contribution in [1.29, 1.82) is 0 Å². The van der Waals surface area contributed by atoms with Crippen LogP contribution in [0.25, 0.3) is 0 Å². The maximum absolute atomic E-state index is 12.4. The van der Waals surface area contributed by atoms with E-state index in [2.05, 4.69) is 12.2 Å². The van der Waals surface area contributed by atoms with E-state index >= 15 is 0 Å². The first-order valence-corrected chi connectivity index (χ1v) is 7.31. The maximum atomic E-state index is 12.4. The predicted molar refractivity (Wildman–Crippen MR) is 83.2 cm³/mol. The molecule has 112 valence electrons. The number of aryl methyl sites for hydroxylation is 1. The molecule has 0 bridgehead atoms. The van der Waals surface area contributed by atoms with Crippen LogP contribution >= 0.6 is 0 Å². The second kappa shape index (κ2) is 8.59. The molecule has 1 aromatic carbocycles. The Balaban J connectivity index is 2.62. The number of carbonyl (C=O) groups is 1. The van der Waals surface area contributed by atoms with Crippen LogP contribution in [0, 0.1) is 6.92 Å². The minimum atomic E-state index is 0.0644. The van der Waals surface area contributed by atoms with E-state index in [1.54, 1.807) is 4.90 Å². The molecule has 2 N–H and O–H groups in total. The second-order valence-electron chi connectivity index (χ2n) is 5.07. The maximum Gasteiger partial charge on any atom is 0.253 e. The zero-order valence-electron chi connectivity index (χ0n) is 12.8. The van der Waals surface area contributed by atoms with E-state index in [0.29, 0.717) is 0 Å². The van der Waals surface area contributed by atoms with Crippen molar-refractivity contribution in [2.24, 2.45) is 0 Å². The van der Waals surface area contributed by atoms with Gasteiger partial charge < -0.3 is 15.3 Å². The number of nitrogens with zero attached hydrogens (tertiary/aromatic N) is 1. The molecule has 20 heavy (non-hydrogen) atoms. The molecule has 0 saturated carbocycles. The Kier molecular flexibility index (Phi) is 7.09. The largest absolute Gasteiger partial charge is 0.396 e. The molecule has 4 heteroatoms. The van der Waals surface area contributed by atoms with Crippen molar-refractivity contribution < 1.29 is 9.90 Å². The van der Waals surface area contributed by atoms with Gasteiger partial charge in [0.15, 0.2) is 0 Å². The molecule has 0 radical (unpaired) electrons. The molecule has 0 aromatic heterocycles. The van der Waals surface area contributed by atoms with Gasteiger partial charge in [-0.05, 0) is 56.9 Å². The molecule has 0 spiro atoms. The molecule has 0 fully saturated rings. The normalized spacial score (nSPS) is 10.4. The number of aliphatic hydroxyl groups excluding tert-OH is 1. The topological polar surface area (TPSA) is 52.6 Å². The summed E-state index contributed by atoms with van der Waals surface area (Å²) in [4.78, 5) is 14.1. The van der Waals surface area contributed by atoms with E-state index in [1.807, 2.05) is 32.2 Å². The molecule has 0 atom stereocenters. The van der Waals surface area contributed by atoms with Gasteiger partial charge in [-0.2, -0.15) is 0 Å². The lowest BCUT2D eigenvalue weighted by atomic mass is 10.1. The Morgan fingerprint density at radius 1 is 1.30 bits per heavy atom. The van der Waals surface area contributed by atoms with Crippen LogP contribution in [-0.4, -0.2) is 42.7 Å². The summed E-state index contributed by atoms with van der Waals surface area (Å²) >= 11 is 0. The molecule has 0 aliphatic rings. The molecule has 0 unspecified atom stereocenters. The van der Waals surface area contributed by atoms with Crippen molar-refractivity contribution in [2.45, 2.75) is 33.1 Å². The number of hydrogen-bond donors (Lipinski definition) is 2. The zero-order chi connectivity index (χ0) is 15.0. The van der Waals surface area contributed by atoms with Crippen molar-refractivity contribution >= 4 is 11.6 Å². The lowest BCUT2D eigenvalue weighted by Gasteiger charge is -2.18. The van der Waals surface area contributed by atoms with Gasteiger partial charge in [-0.15, -0.1) is 0 Å². The number of amides is 1. The Hall–Kier alpha value is -1.55. The van der Waals surface area contributed by atoms with Crippen molar-refractivity contribution in [1.82, 2.24) is 4.90 Å². The summed E-state index contributed by atoms with van der Waals surface area (Å²) in [6.07, 6.45) is 2.68. The lowest BCUT2D eigenvalue weighted by molar-refractivity contribution is 0.0791. The third-order valence-electron chi connectivity index (χ3n) is 3.34. The summed E-state index contributed by atoms with van der Waals surface area (Å²) < 4.78 is 0. The Bertz CT molecular complexity index is 432. The molecule has 0 aliphatic heterocycles. The summed E-state index contributed by atoms with van der Waals surface area (Å²) in [6.45, 7) is 5.84. The number of nitrogens with one attached hydrogen (secondary N) is 1. The van der Waals surface area contributed by atoms with E-state index in [9.17, 15) is 4.79 Å². The molecule has 4 nitrogen and oxygen atoms in total. The molecular formula is C16H26N2O2. The second-order valence-corrected chi connectivity index (χ2v) is 5.07. The van der Waals surface area contributed by atoms with Gasteiger partial charge in [-0.25, -0.2) is 0 Å². The van der Waals surface area contributed by atoms with Crippen molar-refractivity contribution in [3.63, 3.8) is 0 Å². The van der Waals surface area contributed by atoms with E-state index < -0.39 is 0 Å². The molecule has 1 amide bonds. The highest BCUT2D eigenvalue weighted by Crippen LogP contribution is 2.16. The number of carbonyl (C=O) groups excluding carboxylic acids is 1. The standard InChI is InChI=1S/C16H26N2O2/c1-4-17-14-8-9-15(13(2)12-14)16(20)18(3)10-6-5-7-11-19/h8-9,12,17,19H,4-7,10-11H2,1-3H3. The summed E-state index contributed by atoms with van der Waals surface area (Å²) in [6, 6.07) is 5.85.